The Kier molecular flexibility index (Phi) is 5.13. The van der Waals surface area contributed by atoms with Gasteiger partial charge in [-0.05, 0) is 45.2 Å². The van der Waals surface area contributed by atoms with Gasteiger partial charge in [-0.15, -0.1) is 10.2 Å². The second-order valence-corrected chi connectivity index (χ2v) is 5.08. The number of hydrogen-bond donors (Lipinski definition) is 1. The molecule has 1 N–H and O–H groups in total. The summed E-state index contributed by atoms with van der Waals surface area (Å²) in [7, 11) is 1.74. The molecule has 1 atom stereocenters. The molecule has 2 rings (SSSR count). The molecule has 0 bridgehead atoms. The number of aromatic nitrogens is 3. The van der Waals surface area contributed by atoms with Gasteiger partial charge in [-0.3, -0.25) is 0 Å². The van der Waals surface area contributed by atoms with Gasteiger partial charge in [-0.25, -0.2) is 0 Å². The maximum atomic E-state index is 5.11. The summed E-state index contributed by atoms with van der Waals surface area (Å²) in [5, 5.41) is 12.0. The summed E-state index contributed by atoms with van der Waals surface area (Å²) in [6.45, 7) is 6.06. The highest BCUT2D eigenvalue weighted by molar-refractivity contribution is 4.96. The molecule has 5 nitrogen and oxygen atoms in total. The molecule has 18 heavy (non-hydrogen) atoms. The van der Waals surface area contributed by atoms with E-state index in [1.54, 1.807) is 7.11 Å². The lowest BCUT2D eigenvalue weighted by Gasteiger charge is -2.22. The summed E-state index contributed by atoms with van der Waals surface area (Å²) in [6, 6.07) is 0. The lowest BCUT2D eigenvalue weighted by atomic mass is 9.96. The van der Waals surface area contributed by atoms with E-state index >= 15 is 0 Å². The topological polar surface area (TPSA) is 52.0 Å². The van der Waals surface area contributed by atoms with Crippen molar-refractivity contribution < 1.29 is 4.74 Å². The van der Waals surface area contributed by atoms with E-state index in [0.29, 0.717) is 5.92 Å². The smallest absolute Gasteiger partial charge is 0.133 e. The minimum atomic E-state index is 0.712. The number of hydrogen-bond acceptors (Lipinski definition) is 4. The van der Waals surface area contributed by atoms with E-state index in [4.69, 9.17) is 4.74 Å². The fourth-order valence-corrected chi connectivity index (χ4v) is 2.59. The molecule has 0 aliphatic carbocycles. The van der Waals surface area contributed by atoms with E-state index in [2.05, 4.69) is 20.1 Å². The third-order valence-electron chi connectivity index (χ3n) is 3.61. The molecular weight excluding hydrogens is 228 g/mol. The molecule has 1 aromatic rings. The lowest BCUT2D eigenvalue weighted by Crippen LogP contribution is -2.31. The Morgan fingerprint density at radius 1 is 1.44 bits per heavy atom. The van der Waals surface area contributed by atoms with Crippen LogP contribution in [0.1, 0.15) is 30.9 Å². The molecule has 1 saturated heterocycles. The van der Waals surface area contributed by atoms with Gasteiger partial charge in [0.25, 0.3) is 0 Å². The fourth-order valence-electron chi connectivity index (χ4n) is 2.59. The normalized spacial score (nSPS) is 20.2. The zero-order valence-electron chi connectivity index (χ0n) is 11.5. The van der Waals surface area contributed by atoms with Crippen molar-refractivity contribution in [1.29, 1.82) is 0 Å². The summed E-state index contributed by atoms with van der Waals surface area (Å²) in [5.74, 6) is 2.87. The van der Waals surface area contributed by atoms with Crippen molar-refractivity contribution in [3.63, 3.8) is 0 Å². The Hall–Kier alpha value is -0.940. The van der Waals surface area contributed by atoms with E-state index < -0.39 is 0 Å². The molecule has 2 heterocycles. The van der Waals surface area contributed by atoms with Crippen LogP contribution in [0.15, 0.2) is 0 Å². The highest BCUT2D eigenvalue weighted by atomic mass is 16.5. The number of ether oxygens (including phenoxy) is 1. The summed E-state index contributed by atoms with van der Waals surface area (Å²) in [4.78, 5) is 0. The fraction of sp³-hybridized carbons (Fsp3) is 0.846. The molecule has 0 amide bonds. The van der Waals surface area contributed by atoms with E-state index in [-0.39, 0.29) is 0 Å². The molecule has 0 radical (unpaired) electrons. The maximum Gasteiger partial charge on any atom is 0.133 e. The minimum absolute atomic E-state index is 0.712. The first-order chi connectivity index (χ1) is 8.81. The minimum Gasteiger partial charge on any atom is -0.385 e. The van der Waals surface area contributed by atoms with Gasteiger partial charge in [0.2, 0.25) is 0 Å². The van der Waals surface area contributed by atoms with Crippen LogP contribution >= 0.6 is 0 Å². The van der Waals surface area contributed by atoms with E-state index in [0.717, 1.165) is 50.7 Å². The number of aryl methyl sites for hydroxylation is 1. The van der Waals surface area contributed by atoms with Gasteiger partial charge in [0, 0.05) is 26.7 Å². The number of nitrogens with one attached hydrogen (secondary N) is 1. The zero-order chi connectivity index (χ0) is 12.8. The quantitative estimate of drug-likeness (QED) is 0.772. The Balaban J connectivity index is 1.94. The summed E-state index contributed by atoms with van der Waals surface area (Å²) in [5.41, 5.74) is 0. The van der Waals surface area contributed by atoms with E-state index in [1.165, 1.54) is 12.8 Å². The van der Waals surface area contributed by atoms with Crippen LogP contribution in [0, 0.1) is 12.8 Å². The Labute approximate surface area is 109 Å². The maximum absolute atomic E-state index is 5.11. The van der Waals surface area contributed by atoms with E-state index in [1.807, 2.05) is 6.92 Å². The Bertz CT molecular complexity index is 358. The van der Waals surface area contributed by atoms with Crippen LogP contribution in [0.25, 0.3) is 0 Å². The molecule has 5 heteroatoms. The highest BCUT2D eigenvalue weighted by Gasteiger charge is 2.17. The van der Waals surface area contributed by atoms with Crippen LogP contribution in [-0.4, -0.2) is 41.6 Å². The Morgan fingerprint density at radius 2 is 2.33 bits per heavy atom. The van der Waals surface area contributed by atoms with Crippen molar-refractivity contribution in [2.45, 2.75) is 39.2 Å². The van der Waals surface area contributed by atoms with Gasteiger partial charge in [0.1, 0.15) is 11.6 Å². The molecule has 1 unspecified atom stereocenters. The average molecular weight is 252 g/mol. The SMILES string of the molecule is COCCCn1c(C)nnc1CC1CCCNC1. The highest BCUT2D eigenvalue weighted by Crippen LogP contribution is 2.16. The summed E-state index contributed by atoms with van der Waals surface area (Å²) < 4.78 is 7.35. The first-order valence-electron chi connectivity index (χ1n) is 6.89. The van der Waals surface area contributed by atoms with Crippen molar-refractivity contribution >= 4 is 0 Å². The lowest BCUT2D eigenvalue weighted by molar-refractivity contribution is 0.189. The van der Waals surface area contributed by atoms with E-state index in [9.17, 15) is 0 Å². The van der Waals surface area contributed by atoms with Crippen LogP contribution in [0.3, 0.4) is 0 Å². The first-order valence-corrected chi connectivity index (χ1v) is 6.89. The van der Waals surface area contributed by atoms with Crippen LogP contribution in [0.4, 0.5) is 0 Å². The number of methoxy groups -OCH3 is 1. The Morgan fingerprint density at radius 3 is 3.06 bits per heavy atom. The predicted molar refractivity (Wildman–Crippen MR) is 70.5 cm³/mol. The average Bonchev–Trinajstić information content (AvgIpc) is 2.73. The monoisotopic (exact) mass is 252 g/mol. The second-order valence-electron chi connectivity index (χ2n) is 5.08. The van der Waals surface area contributed by atoms with Crippen molar-refractivity contribution in [2.24, 2.45) is 5.92 Å². The molecule has 102 valence electrons. The van der Waals surface area contributed by atoms with Crippen molar-refractivity contribution in [3.05, 3.63) is 11.6 Å². The van der Waals surface area contributed by atoms with Gasteiger partial charge in [-0.2, -0.15) is 0 Å². The molecule has 0 aromatic carbocycles. The predicted octanol–water partition coefficient (Wildman–Crippen LogP) is 1.17. The number of piperidine rings is 1. The van der Waals surface area contributed by atoms with Crippen LogP contribution < -0.4 is 5.32 Å². The first kappa shape index (κ1) is 13.5. The van der Waals surface area contributed by atoms with Gasteiger partial charge >= 0.3 is 0 Å². The number of rotatable bonds is 6. The third-order valence-corrected chi connectivity index (χ3v) is 3.61. The molecule has 0 spiro atoms. The zero-order valence-corrected chi connectivity index (χ0v) is 11.5. The molecule has 1 fully saturated rings. The number of nitrogens with zero attached hydrogens (tertiary/aromatic N) is 3. The summed E-state index contributed by atoms with van der Waals surface area (Å²) >= 11 is 0. The van der Waals surface area contributed by atoms with Crippen molar-refractivity contribution in [2.75, 3.05) is 26.8 Å². The molecular formula is C13H24N4O. The van der Waals surface area contributed by atoms with Crippen LogP contribution in [0.2, 0.25) is 0 Å². The van der Waals surface area contributed by atoms with Crippen LogP contribution in [0.5, 0.6) is 0 Å². The van der Waals surface area contributed by atoms with Gasteiger partial charge in [-0.1, -0.05) is 0 Å². The van der Waals surface area contributed by atoms with Crippen molar-refractivity contribution in [3.8, 4) is 0 Å². The third kappa shape index (κ3) is 3.53. The van der Waals surface area contributed by atoms with Gasteiger partial charge in [0.15, 0.2) is 0 Å². The second kappa shape index (κ2) is 6.85. The van der Waals surface area contributed by atoms with Crippen LogP contribution in [-0.2, 0) is 17.7 Å². The summed E-state index contributed by atoms with van der Waals surface area (Å²) in [6.07, 6.45) is 4.64. The molecule has 1 aliphatic heterocycles. The molecule has 1 aromatic heterocycles. The largest absolute Gasteiger partial charge is 0.385 e. The van der Waals surface area contributed by atoms with Gasteiger partial charge in [0.05, 0.1) is 0 Å². The molecule has 1 aliphatic rings. The standard InChI is InChI=1S/C13H24N4O/c1-11-15-16-13(17(11)7-4-8-18-2)9-12-5-3-6-14-10-12/h12,14H,3-10H2,1-2H3. The molecule has 0 saturated carbocycles. The van der Waals surface area contributed by atoms with Crippen molar-refractivity contribution in [1.82, 2.24) is 20.1 Å². The van der Waals surface area contributed by atoms with Gasteiger partial charge < -0.3 is 14.6 Å².